The molecule has 130 valence electrons. The second-order valence-corrected chi connectivity index (χ2v) is 7.84. The molecule has 0 spiro atoms. The van der Waals surface area contributed by atoms with Gasteiger partial charge in [-0.25, -0.2) is 9.97 Å². The lowest BCUT2D eigenvalue weighted by Crippen LogP contribution is -2.10. The first-order valence-electron chi connectivity index (χ1n) is 7.68. The molecular formula is C18H12Cl2N4OS. The predicted molar refractivity (Wildman–Crippen MR) is 106 cm³/mol. The van der Waals surface area contributed by atoms with E-state index in [2.05, 4.69) is 20.3 Å². The number of hydrogen-bond donors (Lipinski definition) is 2. The van der Waals surface area contributed by atoms with Crippen LogP contribution in [0, 0.1) is 6.92 Å². The number of thiophene rings is 1. The number of aromatic amines is 1. The fourth-order valence-electron chi connectivity index (χ4n) is 2.55. The van der Waals surface area contributed by atoms with Crippen LogP contribution >= 0.6 is 34.5 Å². The number of carbonyl (C=O) groups is 1. The first-order valence-corrected chi connectivity index (χ1v) is 9.26. The Kier molecular flexibility index (Phi) is 4.40. The highest BCUT2D eigenvalue weighted by molar-refractivity contribution is 7.18. The Balaban J connectivity index is 1.68. The molecule has 0 saturated carbocycles. The van der Waals surface area contributed by atoms with Gasteiger partial charge in [-0.05, 0) is 48.9 Å². The van der Waals surface area contributed by atoms with Gasteiger partial charge in [0.2, 0.25) is 0 Å². The van der Waals surface area contributed by atoms with Crippen molar-refractivity contribution in [3.05, 3.63) is 62.4 Å². The molecule has 0 atom stereocenters. The Labute approximate surface area is 163 Å². The van der Waals surface area contributed by atoms with E-state index < -0.39 is 0 Å². The maximum absolute atomic E-state index is 12.3. The number of anilines is 1. The molecule has 5 nitrogen and oxygen atoms in total. The maximum atomic E-state index is 12.3. The van der Waals surface area contributed by atoms with Crippen LogP contribution < -0.4 is 5.32 Å². The van der Waals surface area contributed by atoms with E-state index in [9.17, 15) is 4.79 Å². The van der Waals surface area contributed by atoms with Crippen LogP contribution in [0.3, 0.4) is 0 Å². The van der Waals surface area contributed by atoms with E-state index in [1.165, 1.54) is 11.3 Å². The number of nitrogens with zero attached hydrogens (tertiary/aromatic N) is 2. The summed E-state index contributed by atoms with van der Waals surface area (Å²) in [6.07, 6.45) is 1.76. The van der Waals surface area contributed by atoms with E-state index in [1.54, 1.807) is 36.5 Å². The molecule has 4 rings (SSSR count). The molecule has 8 heteroatoms. The molecule has 0 unspecified atom stereocenters. The predicted octanol–water partition coefficient (Wildman–Crippen LogP) is 5.55. The molecule has 0 bridgehead atoms. The van der Waals surface area contributed by atoms with Gasteiger partial charge in [-0.2, -0.15) is 0 Å². The third-order valence-corrected chi connectivity index (χ3v) is 5.31. The van der Waals surface area contributed by atoms with Crippen LogP contribution in [-0.2, 0) is 0 Å². The number of amides is 1. The summed E-state index contributed by atoms with van der Waals surface area (Å²) in [6.45, 7) is 1.97. The summed E-state index contributed by atoms with van der Waals surface area (Å²) in [4.78, 5) is 24.9. The molecule has 3 heterocycles. The summed E-state index contributed by atoms with van der Waals surface area (Å²) in [6, 6.07) is 10.6. The number of pyridine rings is 1. The zero-order valence-corrected chi connectivity index (χ0v) is 15.8. The van der Waals surface area contributed by atoms with Gasteiger partial charge >= 0.3 is 0 Å². The molecule has 0 aliphatic carbocycles. The Morgan fingerprint density at radius 3 is 2.81 bits per heavy atom. The minimum absolute atomic E-state index is 0.225. The molecule has 0 aliphatic rings. The van der Waals surface area contributed by atoms with E-state index in [0.717, 1.165) is 11.1 Å². The van der Waals surface area contributed by atoms with Gasteiger partial charge in [-0.3, -0.25) is 4.79 Å². The van der Waals surface area contributed by atoms with Crippen molar-refractivity contribution < 1.29 is 4.79 Å². The number of carbonyl (C=O) groups excluding carboxylic acids is 1. The third-order valence-electron chi connectivity index (χ3n) is 3.75. The van der Waals surface area contributed by atoms with E-state index in [1.807, 2.05) is 13.0 Å². The van der Waals surface area contributed by atoms with Crippen molar-refractivity contribution in [3.63, 3.8) is 0 Å². The SMILES string of the molecule is Cc1cnc2nc(-c3cc(NC(=O)c4ccc(Cl)s4)ccc3Cl)[nH]c2c1. The highest BCUT2D eigenvalue weighted by Gasteiger charge is 2.13. The van der Waals surface area contributed by atoms with Gasteiger partial charge in [-0.15, -0.1) is 11.3 Å². The number of hydrogen-bond acceptors (Lipinski definition) is 4. The summed E-state index contributed by atoms with van der Waals surface area (Å²) in [5.74, 6) is 0.371. The Morgan fingerprint density at radius 1 is 1.19 bits per heavy atom. The van der Waals surface area contributed by atoms with Crippen molar-refractivity contribution >= 4 is 57.3 Å². The molecule has 2 N–H and O–H groups in total. The van der Waals surface area contributed by atoms with Crippen LogP contribution in [0.2, 0.25) is 9.36 Å². The fourth-order valence-corrected chi connectivity index (χ4v) is 3.69. The van der Waals surface area contributed by atoms with Crippen LogP contribution in [0.25, 0.3) is 22.6 Å². The van der Waals surface area contributed by atoms with Crippen LogP contribution in [0.1, 0.15) is 15.2 Å². The summed E-state index contributed by atoms with van der Waals surface area (Å²) in [5.41, 5.74) is 3.78. The van der Waals surface area contributed by atoms with E-state index in [0.29, 0.717) is 37.0 Å². The van der Waals surface area contributed by atoms with Crippen LogP contribution in [0.15, 0.2) is 42.6 Å². The minimum Gasteiger partial charge on any atom is -0.337 e. The number of nitrogens with one attached hydrogen (secondary N) is 2. The van der Waals surface area contributed by atoms with Crippen LogP contribution in [0.5, 0.6) is 0 Å². The number of H-pyrrole nitrogens is 1. The zero-order chi connectivity index (χ0) is 18.3. The van der Waals surface area contributed by atoms with Gasteiger partial charge in [0.25, 0.3) is 5.91 Å². The quantitative estimate of drug-likeness (QED) is 0.471. The highest BCUT2D eigenvalue weighted by atomic mass is 35.5. The summed E-state index contributed by atoms with van der Waals surface area (Å²) < 4.78 is 0.567. The second kappa shape index (κ2) is 6.72. The van der Waals surface area contributed by atoms with Gasteiger partial charge in [-0.1, -0.05) is 23.2 Å². The average molecular weight is 403 g/mol. The molecule has 0 fully saturated rings. The van der Waals surface area contributed by atoms with E-state index >= 15 is 0 Å². The van der Waals surface area contributed by atoms with Gasteiger partial charge in [0.1, 0.15) is 5.82 Å². The monoisotopic (exact) mass is 402 g/mol. The van der Waals surface area contributed by atoms with Crippen molar-refractivity contribution in [2.24, 2.45) is 0 Å². The molecule has 0 aliphatic heterocycles. The summed E-state index contributed by atoms with van der Waals surface area (Å²) >= 11 is 13.4. The Bertz CT molecular complexity index is 1140. The molecule has 0 saturated heterocycles. The van der Waals surface area contributed by atoms with Crippen molar-refractivity contribution in [2.45, 2.75) is 6.92 Å². The van der Waals surface area contributed by atoms with E-state index in [-0.39, 0.29) is 5.91 Å². The van der Waals surface area contributed by atoms with Gasteiger partial charge in [0.15, 0.2) is 5.65 Å². The smallest absolute Gasteiger partial charge is 0.265 e. The molecule has 26 heavy (non-hydrogen) atoms. The average Bonchev–Trinajstić information content (AvgIpc) is 3.22. The number of benzene rings is 1. The molecule has 0 radical (unpaired) electrons. The van der Waals surface area contributed by atoms with Gasteiger partial charge in [0, 0.05) is 17.4 Å². The lowest BCUT2D eigenvalue weighted by atomic mass is 10.2. The number of aromatic nitrogens is 3. The first kappa shape index (κ1) is 17.0. The third kappa shape index (κ3) is 3.31. The van der Waals surface area contributed by atoms with E-state index in [4.69, 9.17) is 23.2 Å². The summed E-state index contributed by atoms with van der Waals surface area (Å²) in [5, 5.41) is 3.37. The Morgan fingerprint density at radius 2 is 2.04 bits per heavy atom. The molecule has 1 aromatic carbocycles. The van der Waals surface area contributed by atoms with Gasteiger partial charge < -0.3 is 10.3 Å². The largest absolute Gasteiger partial charge is 0.337 e. The number of rotatable bonds is 3. The number of imidazole rings is 1. The van der Waals surface area contributed by atoms with Crippen molar-refractivity contribution in [1.29, 1.82) is 0 Å². The van der Waals surface area contributed by atoms with Crippen molar-refractivity contribution in [2.75, 3.05) is 5.32 Å². The standard InChI is InChI=1S/C18H12Cl2N4OS/c1-9-6-13-17(21-8-9)24-16(23-13)11-7-10(2-3-12(11)19)22-18(25)14-4-5-15(20)26-14/h2-8H,1H3,(H,22,25)(H,21,23,24). The topological polar surface area (TPSA) is 70.7 Å². The number of aryl methyl sites for hydroxylation is 1. The van der Waals surface area contributed by atoms with Crippen LogP contribution in [-0.4, -0.2) is 20.9 Å². The van der Waals surface area contributed by atoms with Gasteiger partial charge in [0.05, 0.1) is 19.8 Å². The molecule has 4 aromatic rings. The van der Waals surface area contributed by atoms with Crippen LogP contribution in [0.4, 0.5) is 5.69 Å². The molecular weight excluding hydrogens is 391 g/mol. The lowest BCUT2D eigenvalue weighted by Gasteiger charge is -2.07. The molecule has 3 aromatic heterocycles. The zero-order valence-electron chi connectivity index (χ0n) is 13.5. The minimum atomic E-state index is -0.225. The maximum Gasteiger partial charge on any atom is 0.265 e. The lowest BCUT2D eigenvalue weighted by molar-refractivity contribution is 0.103. The first-order chi connectivity index (χ1) is 12.5. The number of halogens is 2. The van der Waals surface area contributed by atoms with Crippen molar-refractivity contribution in [1.82, 2.24) is 15.0 Å². The highest BCUT2D eigenvalue weighted by Crippen LogP contribution is 2.30. The summed E-state index contributed by atoms with van der Waals surface area (Å²) in [7, 11) is 0. The Hall–Kier alpha value is -2.41. The number of fused-ring (bicyclic) bond motifs is 1. The normalized spacial score (nSPS) is 11.0. The molecule has 1 amide bonds. The second-order valence-electron chi connectivity index (χ2n) is 5.72. The van der Waals surface area contributed by atoms with Crippen molar-refractivity contribution in [3.8, 4) is 11.4 Å². The fraction of sp³-hybridized carbons (Fsp3) is 0.0556.